The van der Waals surface area contributed by atoms with Crippen molar-refractivity contribution in [2.45, 2.75) is 19.4 Å². The molecular formula is C16H23NO5. The van der Waals surface area contributed by atoms with Crippen LogP contribution in [0, 0.1) is 5.92 Å². The molecule has 1 aliphatic rings. The number of ether oxygens (including phenoxy) is 3. The number of methoxy groups -OCH3 is 3. The maximum absolute atomic E-state index is 11.5. The zero-order chi connectivity index (χ0) is 16.1. The van der Waals surface area contributed by atoms with Crippen molar-refractivity contribution in [2.24, 2.45) is 5.92 Å². The third kappa shape index (κ3) is 3.62. The zero-order valence-electron chi connectivity index (χ0n) is 13.3. The Morgan fingerprint density at radius 3 is 2.18 bits per heavy atom. The van der Waals surface area contributed by atoms with Gasteiger partial charge in [-0.2, -0.15) is 0 Å². The van der Waals surface area contributed by atoms with Crippen molar-refractivity contribution in [3.63, 3.8) is 0 Å². The summed E-state index contributed by atoms with van der Waals surface area (Å²) in [5.74, 6) is 0.702. The Morgan fingerprint density at radius 1 is 1.18 bits per heavy atom. The average Bonchev–Trinajstić information content (AvgIpc) is 2.56. The van der Waals surface area contributed by atoms with E-state index in [1.807, 2.05) is 12.1 Å². The molecule has 0 atom stereocenters. The highest BCUT2D eigenvalue weighted by Crippen LogP contribution is 2.37. The van der Waals surface area contributed by atoms with Crippen LogP contribution in [0.5, 0.6) is 17.2 Å². The summed E-state index contributed by atoms with van der Waals surface area (Å²) < 4.78 is 15.1. The molecule has 122 valence electrons. The normalized spacial score (nSPS) is 16.3. The highest BCUT2D eigenvalue weighted by atomic mass is 16.5. The van der Waals surface area contributed by atoms with Crippen LogP contribution in [-0.4, -0.2) is 50.4 Å². The topological polar surface area (TPSA) is 68.2 Å². The summed E-state index contributed by atoms with van der Waals surface area (Å²) in [6.07, 6.45) is 1.61. The van der Waals surface area contributed by atoms with E-state index < -0.39 is 0 Å². The molecule has 0 bridgehead atoms. The van der Waals surface area contributed by atoms with Gasteiger partial charge in [0.1, 0.15) is 0 Å². The van der Waals surface area contributed by atoms with E-state index in [2.05, 4.69) is 4.90 Å². The number of hydrogen-bond acceptors (Lipinski definition) is 6. The molecule has 0 radical (unpaired) electrons. The molecule has 0 unspecified atom stereocenters. The summed E-state index contributed by atoms with van der Waals surface area (Å²) in [7, 11) is 4.46. The number of aromatic hydroxyl groups is 1. The van der Waals surface area contributed by atoms with Gasteiger partial charge in [0.25, 0.3) is 0 Å². The third-order valence-corrected chi connectivity index (χ3v) is 4.07. The molecule has 1 fully saturated rings. The molecule has 22 heavy (non-hydrogen) atoms. The first-order valence-corrected chi connectivity index (χ1v) is 7.33. The number of hydrogen-bond donors (Lipinski definition) is 1. The molecule has 1 saturated heterocycles. The zero-order valence-corrected chi connectivity index (χ0v) is 13.3. The molecule has 0 saturated carbocycles. The van der Waals surface area contributed by atoms with E-state index in [1.165, 1.54) is 21.3 Å². The molecule has 1 aromatic rings. The predicted molar refractivity (Wildman–Crippen MR) is 81.2 cm³/mol. The first-order chi connectivity index (χ1) is 10.6. The molecule has 1 N–H and O–H groups in total. The second-order valence-corrected chi connectivity index (χ2v) is 5.42. The Labute approximate surface area is 130 Å². The van der Waals surface area contributed by atoms with Crippen LogP contribution in [0.2, 0.25) is 0 Å². The van der Waals surface area contributed by atoms with Gasteiger partial charge in [0.2, 0.25) is 5.75 Å². The van der Waals surface area contributed by atoms with Crippen LogP contribution in [-0.2, 0) is 16.1 Å². The minimum atomic E-state index is -0.118. The van der Waals surface area contributed by atoms with Gasteiger partial charge in [0.15, 0.2) is 11.5 Å². The van der Waals surface area contributed by atoms with Crippen LogP contribution >= 0.6 is 0 Å². The Kier molecular flexibility index (Phi) is 5.49. The first-order valence-electron chi connectivity index (χ1n) is 7.33. The summed E-state index contributed by atoms with van der Waals surface area (Å²) in [5.41, 5.74) is 1.00. The number of esters is 1. The first kappa shape index (κ1) is 16.4. The number of likely N-dealkylation sites (tertiary alicyclic amines) is 1. The van der Waals surface area contributed by atoms with Crippen LogP contribution < -0.4 is 9.47 Å². The van der Waals surface area contributed by atoms with Crippen molar-refractivity contribution in [2.75, 3.05) is 34.4 Å². The number of phenolic OH excluding ortho intramolecular Hbond substituents is 1. The van der Waals surface area contributed by atoms with Crippen LogP contribution in [0.15, 0.2) is 12.1 Å². The Morgan fingerprint density at radius 2 is 1.73 bits per heavy atom. The standard InChI is InChI=1S/C16H23NO5/c1-20-13-8-11(9-14(21-2)15(13)18)10-17-6-4-12(5-7-17)16(19)22-3/h8-9,12,18H,4-7,10H2,1-3H3. The molecule has 2 rings (SSSR count). The summed E-state index contributed by atoms with van der Waals surface area (Å²) in [6, 6.07) is 3.62. The summed E-state index contributed by atoms with van der Waals surface area (Å²) in [5, 5.41) is 9.93. The number of rotatable bonds is 5. The molecule has 1 heterocycles. The molecular weight excluding hydrogens is 286 g/mol. The average molecular weight is 309 g/mol. The van der Waals surface area contributed by atoms with Crippen molar-refractivity contribution in [3.05, 3.63) is 17.7 Å². The number of carbonyl (C=O) groups is 1. The van der Waals surface area contributed by atoms with Gasteiger partial charge in [-0.05, 0) is 43.6 Å². The lowest BCUT2D eigenvalue weighted by atomic mass is 9.96. The lowest BCUT2D eigenvalue weighted by Crippen LogP contribution is -2.36. The number of benzene rings is 1. The van der Waals surface area contributed by atoms with E-state index in [-0.39, 0.29) is 17.6 Å². The van der Waals surface area contributed by atoms with Gasteiger partial charge in [-0.25, -0.2) is 0 Å². The molecule has 0 aromatic heterocycles. The lowest BCUT2D eigenvalue weighted by Gasteiger charge is -2.30. The summed E-state index contributed by atoms with van der Waals surface area (Å²) in [4.78, 5) is 13.8. The van der Waals surface area contributed by atoms with Crippen LogP contribution in [0.1, 0.15) is 18.4 Å². The number of nitrogens with zero attached hydrogens (tertiary/aromatic N) is 1. The van der Waals surface area contributed by atoms with E-state index >= 15 is 0 Å². The van der Waals surface area contributed by atoms with Gasteiger partial charge < -0.3 is 19.3 Å². The van der Waals surface area contributed by atoms with E-state index in [4.69, 9.17) is 14.2 Å². The SMILES string of the molecule is COC(=O)C1CCN(Cc2cc(OC)c(O)c(OC)c2)CC1. The maximum atomic E-state index is 11.5. The highest BCUT2D eigenvalue weighted by Gasteiger charge is 2.25. The van der Waals surface area contributed by atoms with Crippen LogP contribution in [0.3, 0.4) is 0 Å². The van der Waals surface area contributed by atoms with Crippen molar-refractivity contribution in [1.29, 1.82) is 0 Å². The second kappa shape index (κ2) is 7.35. The maximum Gasteiger partial charge on any atom is 0.308 e. The molecule has 1 aromatic carbocycles. The van der Waals surface area contributed by atoms with Crippen molar-refractivity contribution in [3.8, 4) is 17.2 Å². The van der Waals surface area contributed by atoms with Gasteiger partial charge in [-0.1, -0.05) is 0 Å². The fourth-order valence-electron chi connectivity index (χ4n) is 2.79. The largest absolute Gasteiger partial charge is 0.502 e. The smallest absolute Gasteiger partial charge is 0.308 e. The van der Waals surface area contributed by atoms with Crippen LogP contribution in [0.4, 0.5) is 0 Å². The van der Waals surface area contributed by atoms with Crippen molar-refractivity contribution >= 4 is 5.97 Å². The molecule has 0 aliphatic carbocycles. The molecule has 6 heteroatoms. The Bertz CT molecular complexity index is 498. The second-order valence-electron chi connectivity index (χ2n) is 5.42. The van der Waals surface area contributed by atoms with Gasteiger partial charge >= 0.3 is 5.97 Å². The summed E-state index contributed by atoms with van der Waals surface area (Å²) in [6.45, 7) is 2.40. The Balaban J connectivity index is 2.01. The van der Waals surface area contributed by atoms with Crippen molar-refractivity contribution < 1.29 is 24.1 Å². The lowest BCUT2D eigenvalue weighted by molar-refractivity contribution is -0.147. The minimum Gasteiger partial charge on any atom is -0.502 e. The van der Waals surface area contributed by atoms with E-state index in [1.54, 1.807) is 0 Å². The van der Waals surface area contributed by atoms with E-state index in [0.29, 0.717) is 11.5 Å². The number of phenols is 1. The van der Waals surface area contributed by atoms with Gasteiger partial charge in [-0.15, -0.1) is 0 Å². The number of piperidine rings is 1. The van der Waals surface area contributed by atoms with Gasteiger partial charge in [-0.3, -0.25) is 9.69 Å². The number of carbonyl (C=O) groups excluding carboxylic acids is 1. The molecule has 1 aliphatic heterocycles. The van der Waals surface area contributed by atoms with E-state index in [0.717, 1.165) is 38.0 Å². The quantitative estimate of drug-likeness (QED) is 0.837. The fourth-order valence-corrected chi connectivity index (χ4v) is 2.79. The highest BCUT2D eigenvalue weighted by molar-refractivity contribution is 5.72. The molecule has 6 nitrogen and oxygen atoms in total. The van der Waals surface area contributed by atoms with Crippen molar-refractivity contribution in [1.82, 2.24) is 4.90 Å². The summed E-state index contributed by atoms with van der Waals surface area (Å²) >= 11 is 0. The van der Waals surface area contributed by atoms with Crippen LogP contribution in [0.25, 0.3) is 0 Å². The monoisotopic (exact) mass is 309 g/mol. The minimum absolute atomic E-state index is 0.00476. The fraction of sp³-hybridized carbons (Fsp3) is 0.562. The third-order valence-electron chi connectivity index (χ3n) is 4.07. The molecule has 0 amide bonds. The Hall–Kier alpha value is -1.95. The van der Waals surface area contributed by atoms with Gasteiger partial charge in [0.05, 0.1) is 27.2 Å². The van der Waals surface area contributed by atoms with Gasteiger partial charge in [0, 0.05) is 6.54 Å². The van der Waals surface area contributed by atoms with E-state index in [9.17, 15) is 9.90 Å². The molecule has 0 spiro atoms. The predicted octanol–water partition coefficient (Wildman–Crippen LogP) is 1.79.